The minimum atomic E-state index is -0.394. The molecule has 1 heterocycles. The Balaban J connectivity index is 2.05. The van der Waals surface area contributed by atoms with Crippen LogP contribution in [0.25, 0.3) is 0 Å². The van der Waals surface area contributed by atoms with E-state index in [1.165, 1.54) is 7.11 Å². The number of methoxy groups -OCH3 is 1. The number of hydrogen-bond donors (Lipinski definition) is 0. The number of benzene rings is 1. The molecule has 0 aliphatic rings. The van der Waals surface area contributed by atoms with E-state index >= 15 is 0 Å². The molecular formula is C18H22ClN3O3. The van der Waals surface area contributed by atoms with Gasteiger partial charge in [0.05, 0.1) is 19.4 Å². The number of nitrogens with zero attached hydrogens (tertiary/aromatic N) is 3. The molecule has 0 radical (unpaired) electrons. The standard InChI is InChI=1S/C18H22ClN3O3/c1-14(18(24)25-2)12-22(10-3-9-21-11-8-20-13-21)17(23)15-4-6-16(19)7-5-15/h4-8,11,13-14H,3,9-10,12H2,1-2H3. The third-order valence-electron chi connectivity index (χ3n) is 3.88. The zero-order valence-electron chi connectivity index (χ0n) is 14.4. The topological polar surface area (TPSA) is 64.4 Å². The second-order valence-corrected chi connectivity index (χ2v) is 6.27. The molecular weight excluding hydrogens is 342 g/mol. The summed E-state index contributed by atoms with van der Waals surface area (Å²) in [6.45, 7) is 3.33. The van der Waals surface area contributed by atoms with E-state index in [1.54, 1.807) is 48.6 Å². The van der Waals surface area contributed by atoms with Crippen molar-refractivity contribution in [2.24, 2.45) is 5.92 Å². The van der Waals surface area contributed by atoms with Crippen molar-refractivity contribution >= 4 is 23.5 Å². The molecule has 2 rings (SSSR count). The Bertz CT molecular complexity index is 686. The van der Waals surface area contributed by atoms with E-state index in [4.69, 9.17) is 16.3 Å². The second-order valence-electron chi connectivity index (χ2n) is 5.84. The summed E-state index contributed by atoms with van der Waals surface area (Å²) in [7, 11) is 1.35. The molecule has 0 saturated carbocycles. The minimum Gasteiger partial charge on any atom is -0.469 e. The van der Waals surface area contributed by atoms with Crippen molar-refractivity contribution in [3.8, 4) is 0 Å². The molecule has 25 heavy (non-hydrogen) atoms. The van der Waals surface area contributed by atoms with Gasteiger partial charge in [-0.15, -0.1) is 0 Å². The Labute approximate surface area is 152 Å². The van der Waals surface area contributed by atoms with Crippen LogP contribution < -0.4 is 0 Å². The highest BCUT2D eigenvalue weighted by molar-refractivity contribution is 6.30. The number of imidazole rings is 1. The number of ether oxygens (including phenoxy) is 1. The Morgan fingerprint density at radius 3 is 2.64 bits per heavy atom. The van der Waals surface area contributed by atoms with E-state index in [2.05, 4.69) is 4.98 Å². The average Bonchev–Trinajstić information content (AvgIpc) is 3.13. The highest BCUT2D eigenvalue weighted by Crippen LogP contribution is 2.14. The molecule has 0 spiro atoms. The van der Waals surface area contributed by atoms with Gasteiger partial charge in [-0.2, -0.15) is 0 Å². The molecule has 6 nitrogen and oxygen atoms in total. The van der Waals surface area contributed by atoms with Crippen LogP contribution >= 0.6 is 11.6 Å². The Hall–Kier alpha value is -2.34. The summed E-state index contributed by atoms with van der Waals surface area (Å²) in [6, 6.07) is 6.75. The number of rotatable bonds is 8. The van der Waals surface area contributed by atoms with Gasteiger partial charge in [0.2, 0.25) is 0 Å². The third kappa shape index (κ3) is 5.60. The van der Waals surface area contributed by atoms with Gasteiger partial charge in [-0.05, 0) is 30.7 Å². The fourth-order valence-electron chi connectivity index (χ4n) is 2.52. The van der Waals surface area contributed by atoms with Gasteiger partial charge < -0.3 is 14.2 Å². The number of halogens is 1. The highest BCUT2D eigenvalue weighted by Gasteiger charge is 2.22. The van der Waals surface area contributed by atoms with Crippen molar-refractivity contribution in [1.29, 1.82) is 0 Å². The maximum absolute atomic E-state index is 12.8. The predicted molar refractivity (Wildman–Crippen MR) is 95.4 cm³/mol. The van der Waals surface area contributed by atoms with Crippen molar-refractivity contribution in [3.63, 3.8) is 0 Å². The molecule has 1 aromatic carbocycles. The number of aromatic nitrogens is 2. The molecule has 1 unspecified atom stereocenters. The molecule has 0 bridgehead atoms. The zero-order chi connectivity index (χ0) is 18.2. The molecule has 1 atom stereocenters. The van der Waals surface area contributed by atoms with E-state index in [-0.39, 0.29) is 11.9 Å². The monoisotopic (exact) mass is 363 g/mol. The number of aryl methyl sites for hydroxylation is 1. The lowest BCUT2D eigenvalue weighted by atomic mass is 10.1. The second kappa shape index (κ2) is 9.22. The number of hydrogen-bond acceptors (Lipinski definition) is 4. The summed E-state index contributed by atoms with van der Waals surface area (Å²) in [5.41, 5.74) is 0.545. The zero-order valence-corrected chi connectivity index (χ0v) is 15.1. The molecule has 1 amide bonds. The van der Waals surface area contributed by atoms with Gasteiger partial charge in [-0.3, -0.25) is 9.59 Å². The van der Waals surface area contributed by atoms with Gasteiger partial charge in [0.1, 0.15) is 0 Å². The number of amides is 1. The highest BCUT2D eigenvalue weighted by atomic mass is 35.5. The Morgan fingerprint density at radius 2 is 2.04 bits per heavy atom. The summed E-state index contributed by atoms with van der Waals surface area (Å²) in [5, 5.41) is 0.575. The van der Waals surface area contributed by atoms with E-state index in [1.807, 2.05) is 10.8 Å². The normalized spacial score (nSPS) is 11.8. The molecule has 134 valence electrons. The van der Waals surface area contributed by atoms with Crippen LogP contribution in [0.15, 0.2) is 43.0 Å². The van der Waals surface area contributed by atoms with E-state index in [9.17, 15) is 9.59 Å². The lowest BCUT2D eigenvalue weighted by Crippen LogP contribution is -2.38. The lowest BCUT2D eigenvalue weighted by molar-refractivity contribution is -0.145. The molecule has 2 aromatic rings. The molecule has 0 aliphatic carbocycles. The van der Waals surface area contributed by atoms with Crippen molar-refractivity contribution in [2.45, 2.75) is 19.9 Å². The van der Waals surface area contributed by atoms with Crippen LogP contribution in [0, 0.1) is 5.92 Å². The van der Waals surface area contributed by atoms with Gasteiger partial charge in [0.15, 0.2) is 0 Å². The first-order chi connectivity index (χ1) is 12.0. The van der Waals surface area contributed by atoms with Crippen LogP contribution in [-0.2, 0) is 16.1 Å². The lowest BCUT2D eigenvalue weighted by Gasteiger charge is -2.25. The predicted octanol–water partition coefficient (Wildman–Crippen LogP) is 2.88. The van der Waals surface area contributed by atoms with Crippen LogP contribution in [-0.4, -0.2) is 46.5 Å². The van der Waals surface area contributed by atoms with E-state index < -0.39 is 5.92 Å². The fourth-order valence-corrected chi connectivity index (χ4v) is 2.65. The smallest absolute Gasteiger partial charge is 0.310 e. The van der Waals surface area contributed by atoms with Crippen LogP contribution in [0.4, 0.5) is 0 Å². The first-order valence-electron chi connectivity index (χ1n) is 8.09. The van der Waals surface area contributed by atoms with E-state index in [0.29, 0.717) is 23.7 Å². The third-order valence-corrected chi connectivity index (χ3v) is 4.13. The van der Waals surface area contributed by atoms with Crippen molar-refractivity contribution in [1.82, 2.24) is 14.5 Å². The van der Waals surface area contributed by atoms with Crippen LogP contribution in [0.5, 0.6) is 0 Å². The van der Waals surface area contributed by atoms with Gasteiger partial charge >= 0.3 is 5.97 Å². The SMILES string of the molecule is COC(=O)C(C)CN(CCCn1ccnc1)C(=O)c1ccc(Cl)cc1. The Morgan fingerprint density at radius 1 is 1.32 bits per heavy atom. The molecule has 0 saturated heterocycles. The summed E-state index contributed by atoms with van der Waals surface area (Å²) in [6.07, 6.45) is 6.09. The molecule has 0 fully saturated rings. The summed E-state index contributed by atoms with van der Waals surface area (Å²) in [5.74, 6) is -0.851. The average molecular weight is 364 g/mol. The van der Waals surface area contributed by atoms with Crippen molar-refractivity contribution in [3.05, 3.63) is 53.6 Å². The van der Waals surface area contributed by atoms with Gasteiger partial charge in [0, 0.05) is 42.6 Å². The maximum Gasteiger partial charge on any atom is 0.310 e. The summed E-state index contributed by atoms with van der Waals surface area (Å²) >= 11 is 5.89. The number of carbonyl (C=O) groups excluding carboxylic acids is 2. The largest absolute Gasteiger partial charge is 0.469 e. The summed E-state index contributed by atoms with van der Waals surface area (Å²) < 4.78 is 6.72. The molecule has 0 aliphatic heterocycles. The first kappa shape index (κ1) is 19.0. The van der Waals surface area contributed by atoms with Gasteiger partial charge in [0.25, 0.3) is 5.91 Å². The first-order valence-corrected chi connectivity index (χ1v) is 8.47. The fraction of sp³-hybridized carbons (Fsp3) is 0.389. The van der Waals surface area contributed by atoms with Gasteiger partial charge in [-0.25, -0.2) is 4.98 Å². The molecule has 1 aromatic heterocycles. The van der Waals surface area contributed by atoms with Crippen molar-refractivity contribution < 1.29 is 14.3 Å². The number of esters is 1. The van der Waals surface area contributed by atoms with Crippen molar-refractivity contribution in [2.75, 3.05) is 20.2 Å². The van der Waals surface area contributed by atoms with Crippen LogP contribution in [0.2, 0.25) is 5.02 Å². The van der Waals surface area contributed by atoms with Crippen LogP contribution in [0.1, 0.15) is 23.7 Å². The maximum atomic E-state index is 12.8. The van der Waals surface area contributed by atoms with Gasteiger partial charge in [-0.1, -0.05) is 18.5 Å². The number of carbonyl (C=O) groups is 2. The minimum absolute atomic E-state index is 0.127. The Kier molecular flexibility index (Phi) is 7.01. The molecule has 0 N–H and O–H groups in total. The van der Waals surface area contributed by atoms with E-state index in [0.717, 1.165) is 13.0 Å². The summed E-state index contributed by atoms with van der Waals surface area (Å²) in [4.78, 5) is 30.2. The quantitative estimate of drug-likeness (QED) is 0.676. The molecule has 7 heteroatoms. The van der Waals surface area contributed by atoms with Crippen LogP contribution in [0.3, 0.4) is 0 Å².